The van der Waals surface area contributed by atoms with Gasteiger partial charge in [0.1, 0.15) is 12.4 Å². The van der Waals surface area contributed by atoms with Gasteiger partial charge >= 0.3 is 0 Å². The number of fused-ring (bicyclic) bond motifs is 1. The van der Waals surface area contributed by atoms with E-state index in [2.05, 4.69) is 53.8 Å². The first-order valence-electron chi connectivity index (χ1n) is 10.1. The molecular weight excluding hydrogens is 440 g/mol. The Balaban J connectivity index is 1.67. The minimum atomic E-state index is 0.482. The summed E-state index contributed by atoms with van der Waals surface area (Å²) in [6, 6.07) is 16.4. The molecule has 0 spiro atoms. The third-order valence-corrected chi connectivity index (χ3v) is 5.89. The van der Waals surface area contributed by atoms with E-state index in [9.17, 15) is 0 Å². The molecule has 1 heterocycles. The number of imidazole rings is 1. The number of nitrogens with zero attached hydrogens (tertiary/aromatic N) is 1. The molecule has 3 aromatic carbocycles. The van der Waals surface area contributed by atoms with Gasteiger partial charge in [-0.25, -0.2) is 4.98 Å². The van der Waals surface area contributed by atoms with Crippen LogP contribution in [0.25, 0.3) is 22.4 Å². The smallest absolute Gasteiger partial charge is 0.175 e. The number of H-pyrrole nitrogens is 1. The summed E-state index contributed by atoms with van der Waals surface area (Å²) in [5.74, 6) is 2.20. The number of para-hydroxylation sites is 2. The number of benzene rings is 3. The Morgan fingerprint density at radius 2 is 1.70 bits per heavy atom. The van der Waals surface area contributed by atoms with Crippen LogP contribution in [0.4, 0.5) is 0 Å². The zero-order valence-corrected chi connectivity index (χ0v) is 19.3. The maximum atomic E-state index is 6.23. The van der Waals surface area contributed by atoms with Crippen LogP contribution in [0.1, 0.15) is 29.2 Å². The molecule has 30 heavy (non-hydrogen) atoms. The first kappa shape index (κ1) is 20.5. The van der Waals surface area contributed by atoms with Gasteiger partial charge in [0.05, 0.1) is 22.1 Å². The van der Waals surface area contributed by atoms with E-state index in [1.54, 1.807) is 0 Å². The van der Waals surface area contributed by atoms with Crippen LogP contribution in [-0.2, 0) is 6.61 Å². The highest BCUT2D eigenvalue weighted by atomic mass is 79.9. The predicted octanol–water partition coefficient (Wildman–Crippen LogP) is 6.90. The van der Waals surface area contributed by atoms with Crippen molar-refractivity contribution in [1.29, 1.82) is 0 Å². The summed E-state index contributed by atoms with van der Waals surface area (Å²) in [6.07, 6.45) is 0. The molecule has 4 nitrogen and oxygen atoms in total. The maximum Gasteiger partial charge on any atom is 0.175 e. The fraction of sp³-hybridized carbons (Fsp3) is 0.240. The molecular formula is C25H25BrN2O2. The van der Waals surface area contributed by atoms with Crippen LogP contribution in [0.3, 0.4) is 0 Å². The molecule has 0 saturated heterocycles. The van der Waals surface area contributed by atoms with Gasteiger partial charge in [0, 0.05) is 5.56 Å². The molecule has 5 heteroatoms. The third-order valence-electron chi connectivity index (χ3n) is 5.30. The van der Waals surface area contributed by atoms with Crippen LogP contribution >= 0.6 is 15.9 Å². The second kappa shape index (κ2) is 8.52. The standard InChI is InChI=1S/C25H25BrN2O2/c1-5-29-23-13-18(25-27-21-8-6-7-9-22(21)28-25)12-20(26)24(23)30-14-19-11-16(3)15(2)10-17(19)4/h6-13H,5,14H2,1-4H3,(H,27,28). The molecule has 0 aliphatic heterocycles. The van der Waals surface area contributed by atoms with E-state index < -0.39 is 0 Å². The Kier molecular flexibility index (Phi) is 5.82. The summed E-state index contributed by atoms with van der Waals surface area (Å²) in [6.45, 7) is 9.38. The second-order valence-corrected chi connectivity index (χ2v) is 8.33. The zero-order chi connectivity index (χ0) is 21.3. The number of hydrogen-bond acceptors (Lipinski definition) is 3. The topological polar surface area (TPSA) is 47.1 Å². The summed E-state index contributed by atoms with van der Waals surface area (Å²) < 4.78 is 13.0. The van der Waals surface area contributed by atoms with Gasteiger partial charge in [0.25, 0.3) is 0 Å². The van der Waals surface area contributed by atoms with Crippen molar-refractivity contribution in [3.05, 3.63) is 75.3 Å². The minimum absolute atomic E-state index is 0.482. The minimum Gasteiger partial charge on any atom is -0.490 e. The van der Waals surface area contributed by atoms with E-state index in [0.29, 0.717) is 24.7 Å². The highest BCUT2D eigenvalue weighted by Crippen LogP contribution is 2.40. The van der Waals surface area contributed by atoms with Gasteiger partial charge in [-0.1, -0.05) is 24.3 Å². The molecule has 0 unspecified atom stereocenters. The molecule has 0 fully saturated rings. The molecule has 0 aliphatic rings. The van der Waals surface area contributed by atoms with E-state index in [1.165, 1.54) is 22.3 Å². The van der Waals surface area contributed by atoms with Crippen molar-refractivity contribution in [2.45, 2.75) is 34.3 Å². The molecule has 0 radical (unpaired) electrons. The molecule has 0 aliphatic carbocycles. The molecule has 0 bridgehead atoms. The summed E-state index contributed by atoms with van der Waals surface area (Å²) >= 11 is 3.68. The van der Waals surface area contributed by atoms with Crippen LogP contribution in [0.2, 0.25) is 0 Å². The third kappa shape index (κ3) is 4.08. The Bertz CT molecular complexity index is 1180. The number of aryl methyl sites for hydroxylation is 3. The predicted molar refractivity (Wildman–Crippen MR) is 125 cm³/mol. The lowest BCUT2D eigenvalue weighted by atomic mass is 10.0. The van der Waals surface area contributed by atoms with E-state index in [-0.39, 0.29) is 0 Å². The fourth-order valence-corrected chi connectivity index (χ4v) is 4.08. The van der Waals surface area contributed by atoms with Crippen LogP contribution < -0.4 is 9.47 Å². The molecule has 0 amide bonds. The van der Waals surface area contributed by atoms with Crippen molar-refractivity contribution in [1.82, 2.24) is 9.97 Å². The van der Waals surface area contributed by atoms with Crippen LogP contribution in [0, 0.1) is 20.8 Å². The zero-order valence-electron chi connectivity index (χ0n) is 17.7. The molecule has 4 aromatic rings. The average molecular weight is 465 g/mol. The number of ether oxygens (including phenoxy) is 2. The highest BCUT2D eigenvalue weighted by molar-refractivity contribution is 9.10. The Morgan fingerprint density at radius 1 is 0.933 bits per heavy atom. The quantitative estimate of drug-likeness (QED) is 0.337. The Labute approximate surface area is 185 Å². The van der Waals surface area contributed by atoms with E-state index in [4.69, 9.17) is 14.5 Å². The van der Waals surface area contributed by atoms with Gasteiger partial charge in [-0.05, 0) is 90.1 Å². The summed E-state index contributed by atoms with van der Waals surface area (Å²) in [4.78, 5) is 8.08. The summed E-state index contributed by atoms with van der Waals surface area (Å²) in [7, 11) is 0. The molecule has 0 atom stereocenters. The number of halogens is 1. The second-order valence-electron chi connectivity index (χ2n) is 7.47. The van der Waals surface area contributed by atoms with Gasteiger partial charge in [-0.15, -0.1) is 0 Å². The Morgan fingerprint density at radius 3 is 2.47 bits per heavy atom. The monoisotopic (exact) mass is 464 g/mol. The van der Waals surface area contributed by atoms with Crippen molar-refractivity contribution in [2.75, 3.05) is 6.61 Å². The highest BCUT2D eigenvalue weighted by Gasteiger charge is 2.16. The lowest BCUT2D eigenvalue weighted by Crippen LogP contribution is -2.03. The number of aromatic nitrogens is 2. The molecule has 154 valence electrons. The summed E-state index contributed by atoms with van der Waals surface area (Å²) in [5, 5.41) is 0. The van der Waals surface area contributed by atoms with E-state index in [1.807, 2.05) is 43.3 Å². The van der Waals surface area contributed by atoms with Crippen molar-refractivity contribution < 1.29 is 9.47 Å². The normalized spacial score (nSPS) is 11.1. The van der Waals surface area contributed by atoms with E-state index in [0.717, 1.165) is 26.9 Å². The van der Waals surface area contributed by atoms with Crippen LogP contribution in [0.15, 0.2) is 53.0 Å². The number of rotatable bonds is 6. The number of hydrogen-bond donors (Lipinski definition) is 1. The lowest BCUT2D eigenvalue weighted by Gasteiger charge is -2.16. The molecule has 1 N–H and O–H groups in total. The Hall–Kier alpha value is -2.79. The van der Waals surface area contributed by atoms with Gasteiger partial charge in [-0.2, -0.15) is 0 Å². The van der Waals surface area contributed by atoms with Gasteiger partial charge in [0.15, 0.2) is 11.5 Å². The van der Waals surface area contributed by atoms with E-state index >= 15 is 0 Å². The average Bonchev–Trinajstić information content (AvgIpc) is 3.15. The van der Waals surface area contributed by atoms with Crippen LogP contribution in [0.5, 0.6) is 11.5 Å². The van der Waals surface area contributed by atoms with Crippen molar-refractivity contribution in [3.63, 3.8) is 0 Å². The number of aromatic amines is 1. The van der Waals surface area contributed by atoms with Gasteiger partial charge in [-0.3, -0.25) is 0 Å². The molecule has 1 aromatic heterocycles. The lowest BCUT2D eigenvalue weighted by molar-refractivity contribution is 0.267. The molecule has 0 saturated carbocycles. The first-order chi connectivity index (χ1) is 14.5. The van der Waals surface area contributed by atoms with Crippen molar-refractivity contribution >= 4 is 27.0 Å². The first-order valence-corrected chi connectivity index (χ1v) is 10.9. The maximum absolute atomic E-state index is 6.23. The largest absolute Gasteiger partial charge is 0.490 e. The SMILES string of the molecule is CCOc1cc(-c2nc3ccccc3[nH]2)cc(Br)c1OCc1cc(C)c(C)cc1C. The molecule has 4 rings (SSSR count). The van der Waals surface area contributed by atoms with Gasteiger partial charge < -0.3 is 14.5 Å². The summed E-state index contributed by atoms with van der Waals surface area (Å²) in [5.41, 5.74) is 7.85. The van der Waals surface area contributed by atoms with Crippen molar-refractivity contribution in [2.24, 2.45) is 0 Å². The number of nitrogens with one attached hydrogen (secondary N) is 1. The fourth-order valence-electron chi connectivity index (χ4n) is 3.52. The van der Waals surface area contributed by atoms with Gasteiger partial charge in [0.2, 0.25) is 0 Å². The van der Waals surface area contributed by atoms with Crippen molar-refractivity contribution in [3.8, 4) is 22.9 Å². The van der Waals surface area contributed by atoms with Crippen LogP contribution in [-0.4, -0.2) is 16.6 Å².